The molecule has 0 heterocycles. The summed E-state index contributed by atoms with van der Waals surface area (Å²) in [6.07, 6.45) is -3.36. The number of nitrogens with zero attached hydrogens (tertiary/aromatic N) is 1. The molecule has 15 heteroatoms. The standard InChI is InChI=1S/C35H46F4N2O7S.ClH/c1-22(47-30(43)26(40-7)19-33(2,3)4)29(42)41(8)27(20-34(5,6)36)31(44)48-28(32(45)46-21-24-12-10-9-11-13-24)18-23-14-16-25(17-15-23)49-35(37,38)39;/h9-17,22,26-28,40H,18-21H2,1-8H3;1H. The van der Waals surface area contributed by atoms with E-state index in [1.54, 1.807) is 37.4 Å². The molecule has 0 radical (unpaired) electrons. The fourth-order valence-corrected chi connectivity index (χ4v) is 5.30. The number of carbonyl (C=O) groups excluding carboxylic acids is 4. The van der Waals surface area contributed by atoms with Gasteiger partial charge in [-0.25, -0.2) is 14.0 Å². The van der Waals surface area contributed by atoms with Gasteiger partial charge < -0.3 is 24.4 Å². The molecule has 0 bridgehead atoms. The van der Waals surface area contributed by atoms with Crippen molar-refractivity contribution in [1.29, 1.82) is 0 Å². The second-order valence-corrected chi connectivity index (χ2v) is 14.6. The zero-order valence-corrected chi connectivity index (χ0v) is 31.1. The van der Waals surface area contributed by atoms with Crippen LogP contribution in [0.25, 0.3) is 0 Å². The average Bonchev–Trinajstić information content (AvgIpc) is 2.99. The Hall–Kier alpha value is -3.36. The van der Waals surface area contributed by atoms with E-state index in [1.165, 1.54) is 52.1 Å². The molecule has 0 saturated heterocycles. The highest BCUT2D eigenvalue weighted by molar-refractivity contribution is 8.00. The minimum Gasteiger partial charge on any atom is -0.458 e. The molecule has 4 unspecified atom stereocenters. The number of benzene rings is 2. The number of alkyl halides is 4. The second-order valence-electron chi connectivity index (χ2n) is 13.5. The molecule has 0 aliphatic carbocycles. The monoisotopic (exact) mass is 750 g/mol. The maximum Gasteiger partial charge on any atom is 0.446 e. The molecule has 0 aliphatic heterocycles. The Balaban J connectivity index is 0.0000125. The van der Waals surface area contributed by atoms with E-state index in [0.29, 0.717) is 17.5 Å². The first-order valence-corrected chi connectivity index (χ1v) is 16.5. The molecule has 0 aliphatic rings. The maximum atomic E-state index is 15.0. The summed E-state index contributed by atoms with van der Waals surface area (Å²) in [7, 11) is 2.82. The molecule has 4 atom stereocenters. The van der Waals surface area contributed by atoms with Crippen LogP contribution in [-0.2, 0) is 46.4 Å². The van der Waals surface area contributed by atoms with E-state index >= 15 is 4.39 Å². The van der Waals surface area contributed by atoms with Crippen LogP contribution in [-0.4, -0.2) is 78.3 Å². The normalized spacial score (nSPS) is 14.3. The molecule has 280 valence electrons. The molecule has 0 spiro atoms. The number of carbonyl (C=O) groups is 4. The van der Waals surface area contributed by atoms with E-state index in [4.69, 9.17) is 14.2 Å². The Morgan fingerprint density at radius 1 is 0.820 bits per heavy atom. The van der Waals surface area contributed by atoms with Crippen LogP contribution in [0.15, 0.2) is 59.5 Å². The van der Waals surface area contributed by atoms with E-state index in [9.17, 15) is 32.3 Å². The Kier molecular flexibility index (Phi) is 17.2. The lowest BCUT2D eigenvalue weighted by atomic mass is 9.88. The van der Waals surface area contributed by atoms with Crippen molar-refractivity contribution in [2.75, 3.05) is 14.1 Å². The number of ether oxygens (including phenoxy) is 3. The topological polar surface area (TPSA) is 111 Å². The van der Waals surface area contributed by atoms with Crippen molar-refractivity contribution in [2.24, 2.45) is 5.41 Å². The van der Waals surface area contributed by atoms with Crippen LogP contribution in [0.3, 0.4) is 0 Å². The Morgan fingerprint density at radius 2 is 1.40 bits per heavy atom. The highest BCUT2D eigenvalue weighted by atomic mass is 35.5. The molecular weight excluding hydrogens is 704 g/mol. The molecule has 50 heavy (non-hydrogen) atoms. The van der Waals surface area contributed by atoms with Crippen LogP contribution in [0, 0.1) is 5.41 Å². The summed E-state index contributed by atoms with van der Waals surface area (Å²) in [5.74, 6) is -3.59. The zero-order chi connectivity index (χ0) is 37.2. The number of halogens is 5. The van der Waals surface area contributed by atoms with E-state index in [-0.39, 0.29) is 47.5 Å². The van der Waals surface area contributed by atoms with Gasteiger partial charge >= 0.3 is 23.4 Å². The van der Waals surface area contributed by atoms with Crippen LogP contribution in [0.1, 0.15) is 65.5 Å². The summed E-state index contributed by atoms with van der Waals surface area (Å²) in [5, 5.41) is 2.87. The van der Waals surface area contributed by atoms with Gasteiger partial charge in [0.05, 0.1) is 0 Å². The van der Waals surface area contributed by atoms with Crippen molar-refractivity contribution in [2.45, 2.75) is 108 Å². The van der Waals surface area contributed by atoms with Crippen molar-refractivity contribution >= 4 is 48.0 Å². The fraction of sp³-hybridized carbons (Fsp3) is 0.543. The third kappa shape index (κ3) is 16.1. The van der Waals surface area contributed by atoms with Gasteiger partial charge in [-0.1, -0.05) is 63.2 Å². The minimum absolute atomic E-state index is 0. The van der Waals surface area contributed by atoms with Crippen molar-refractivity contribution in [3.05, 3.63) is 65.7 Å². The molecule has 0 fully saturated rings. The van der Waals surface area contributed by atoms with E-state index in [0.717, 1.165) is 4.90 Å². The summed E-state index contributed by atoms with van der Waals surface area (Å²) in [6.45, 7) is 9.38. The average molecular weight is 751 g/mol. The molecule has 0 aromatic heterocycles. The number of hydrogen-bond donors (Lipinski definition) is 1. The van der Waals surface area contributed by atoms with E-state index in [2.05, 4.69) is 5.32 Å². The molecular formula is C35H47ClF4N2O7S. The number of rotatable bonds is 16. The number of esters is 3. The lowest BCUT2D eigenvalue weighted by molar-refractivity contribution is -0.175. The molecule has 0 saturated carbocycles. The van der Waals surface area contributed by atoms with Gasteiger partial charge in [-0.05, 0) is 74.7 Å². The predicted molar refractivity (Wildman–Crippen MR) is 184 cm³/mol. The molecule has 1 amide bonds. The third-order valence-corrected chi connectivity index (χ3v) is 7.92. The molecule has 2 aromatic carbocycles. The highest BCUT2D eigenvalue weighted by Gasteiger charge is 2.39. The SMILES string of the molecule is CNC(CC(C)(C)C)C(=O)OC(C)C(=O)N(C)C(CC(C)(C)F)C(=O)OC(Cc1ccc(SC(F)(F)F)cc1)C(=O)OCc1ccccc1.Cl. The highest BCUT2D eigenvalue weighted by Crippen LogP contribution is 2.37. The Morgan fingerprint density at radius 3 is 1.90 bits per heavy atom. The van der Waals surface area contributed by atoms with Gasteiger partial charge in [0.25, 0.3) is 5.91 Å². The smallest absolute Gasteiger partial charge is 0.446 e. The summed E-state index contributed by atoms with van der Waals surface area (Å²) < 4.78 is 69.9. The van der Waals surface area contributed by atoms with Crippen molar-refractivity contribution in [3.63, 3.8) is 0 Å². The summed E-state index contributed by atoms with van der Waals surface area (Å²) in [5.41, 5.74) is -5.73. The van der Waals surface area contributed by atoms with Crippen molar-refractivity contribution in [1.82, 2.24) is 10.2 Å². The quantitative estimate of drug-likeness (QED) is 0.0854. The first-order valence-electron chi connectivity index (χ1n) is 15.7. The Bertz CT molecular complexity index is 1400. The molecule has 1 N–H and O–H groups in total. The lowest BCUT2D eigenvalue weighted by Gasteiger charge is -2.32. The number of amides is 1. The first-order chi connectivity index (χ1) is 22.6. The minimum atomic E-state index is -4.50. The zero-order valence-electron chi connectivity index (χ0n) is 29.5. The van der Waals surface area contributed by atoms with Crippen LogP contribution in [0.4, 0.5) is 17.6 Å². The van der Waals surface area contributed by atoms with Gasteiger partial charge in [0, 0.05) is 24.8 Å². The number of likely N-dealkylation sites (N-methyl/N-ethyl adjacent to an activating group) is 2. The van der Waals surface area contributed by atoms with Gasteiger partial charge in [-0.15, -0.1) is 12.4 Å². The van der Waals surface area contributed by atoms with Crippen molar-refractivity contribution in [3.8, 4) is 0 Å². The Labute approximate surface area is 301 Å². The largest absolute Gasteiger partial charge is 0.458 e. The summed E-state index contributed by atoms with van der Waals surface area (Å²) in [4.78, 5) is 54.1. The molecule has 2 aromatic rings. The fourth-order valence-electron chi connectivity index (χ4n) is 4.76. The van der Waals surface area contributed by atoms with E-state index < -0.39 is 65.7 Å². The van der Waals surface area contributed by atoms with Crippen LogP contribution >= 0.6 is 24.2 Å². The number of nitrogens with one attached hydrogen (secondary N) is 1. The maximum absolute atomic E-state index is 15.0. The first kappa shape index (κ1) is 44.7. The predicted octanol–water partition coefficient (Wildman–Crippen LogP) is 6.84. The lowest BCUT2D eigenvalue weighted by Crippen LogP contribution is -2.51. The molecule has 2 rings (SSSR count). The van der Waals surface area contributed by atoms with Crippen LogP contribution in [0.5, 0.6) is 0 Å². The third-order valence-electron chi connectivity index (χ3n) is 7.18. The van der Waals surface area contributed by atoms with Gasteiger partial charge in [0.15, 0.2) is 6.10 Å². The van der Waals surface area contributed by atoms with Crippen LogP contribution in [0.2, 0.25) is 0 Å². The van der Waals surface area contributed by atoms with Gasteiger partial charge in [-0.3, -0.25) is 9.59 Å². The van der Waals surface area contributed by atoms with E-state index in [1.807, 2.05) is 20.8 Å². The molecule has 9 nitrogen and oxygen atoms in total. The second kappa shape index (κ2) is 19.3. The summed E-state index contributed by atoms with van der Waals surface area (Å²) in [6, 6.07) is 11.5. The van der Waals surface area contributed by atoms with Gasteiger partial charge in [0.1, 0.15) is 24.4 Å². The van der Waals surface area contributed by atoms with Gasteiger partial charge in [-0.2, -0.15) is 13.2 Å². The van der Waals surface area contributed by atoms with Gasteiger partial charge in [0.2, 0.25) is 6.10 Å². The van der Waals surface area contributed by atoms with Crippen molar-refractivity contribution < 1.29 is 51.0 Å². The number of hydrogen-bond acceptors (Lipinski definition) is 9. The van der Waals surface area contributed by atoms with Crippen LogP contribution < -0.4 is 5.32 Å². The summed E-state index contributed by atoms with van der Waals surface area (Å²) >= 11 is -0.308. The number of thioether (sulfide) groups is 1.